The van der Waals surface area contributed by atoms with Gasteiger partial charge in [-0.05, 0) is 43.4 Å². The first kappa shape index (κ1) is 13.6. The van der Waals surface area contributed by atoms with Crippen molar-refractivity contribution < 1.29 is 4.74 Å². The van der Waals surface area contributed by atoms with Crippen LogP contribution in [0.2, 0.25) is 0 Å². The Morgan fingerprint density at radius 1 is 1.44 bits per heavy atom. The number of aromatic nitrogens is 1. The van der Waals surface area contributed by atoms with Crippen molar-refractivity contribution in [2.45, 2.75) is 39.3 Å². The predicted octanol–water partition coefficient (Wildman–Crippen LogP) is 2.83. The molecule has 18 heavy (non-hydrogen) atoms. The zero-order valence-corrected chi connectivity index (χ0v) is 11.9. The van der Waals surface area contributed by atoms with Crippen LogP contribution >= 0.6 is 0 Å². The zero-order valence-electron chi connectivity index (χ0n) is 11.9. The van der Waals surface area contributed by atoms with Crippen molar-refractivity contribution in [3.8, 4) is 0 Å². The van der Waals surface area contributed by atoms with E-state index in [0.717, 1.165) is 25.7 Å². The largest absolute Gasteiger partial charge is 0.379 e. The molecule has 102 valence electrons. The molecule has 3 nitrogen and oxygen atoms in total. The molecule has 0 amide bonds. The third-order valence-electron chi connectivity index (χ3n) is 3.48. The van der Waals surface area contributed by atoms with E-state index in [1.807, 2.05) is 0 Å². The van der Waals surface area contributed by atoms with Crippen molar-refractivity contribution in [1.82, 2.24) is 9.88 Å². The first-order chi connectivity index (χ1) is 8.70. The Kier molecular flexibility index (Phi) is 4.84. The lowest BCUT2D eigenvalue weighted by Crippen LogP contribution is -2.17. The van der Waals surface area contributed by atoms with Crippen molar-refractivity contribution >= 4 is 0 Å². The normalized spacial score (nSPS) is 17.3. The topological polar surface area (TPSA) is 26.2 Å². The summed E-state index contributed by atoms with van der Waals surface area (Å²) in [5, 5.41) is 3.43. The fourth-order valence-electron chi connectivity index (χ4n) is 2.38. The van der Waals surface area contributed by atoms with Crippen LogP contribution in [0.15, 0.2) is 18.5 Å². The number of rotatable bonds is 8. The minimum absolute atomic E-state index is 0.544. The first-order valence-corrected chi connectivity index (χ1v) is 7.11. The number of hydrogen-bond acceptors (Lipinski definition) is 2. The molecule has 1 aromatic rings. The molecule has 1 atom stereocenters. The summed E-state index contributed by atoms with van der Waals surface area (Å²) in [6, 6.07) is 2.78. The minimum atomic E-state index is 0.544. The highest BCUT2D eigenvalue weighted by Crippen LogP contribution is 2.40. The summed E-state index contributed by atoms with van der Waals surface area (Å²) >= 11 is 0. The standard InChI is InChI=1S/C15H26N2O/c1-12(2)11-18-9-8-17-7-6-14(10-17)15(16-3)13-4-5-13/h6-7,10,12-13,15-16H,4-5,8-9,11H2,1-3H3. The van der Waals surface area contributed by atoms with E-state index in [4.69, 9.17) is 4.74 Å². The quantitative estimate of drug-likeness (QED) is 0.718. The van der Waals surface area contributed by atoms with Gasteiger partial charge in [-0.1, -0.05) is 13.8 Å². The molecule has 0 aromatic carbocycles. The summed E-state index contributed by atoms with van der Waals surface area (Å²) in [4.78, 5) is 0. The second kappa shape index (κ2) is 6.39. The summed E-state index contributed by atoms with van der Waals surface area (Å²) in [7, 11) is 2.06. The van der Waals surface area contributed by atoms with Gasteiger partial charge in [-0.15, -0.1) is 0 Å². The molecular formula is C15H26N2O. The van der Waals surface area contributed by atoms with Gasteiger partial charge in [0.25, 0.3) is 0 Å². The summed E-state index contributed by atoms with van der Waals surface area (Å²) in [6.45, 7) is 6.98. The van der Waals surface area contributed by atoms with Crippen LogP contribution in [0.4, 0.5) is 0 Å². The molecule has 1 heterocycles. The van der Waals surface area contributed by atoms with Crippen LogP contribution < -0.4 is 5.32 Å². The lowest BCUT2D eigenvalue weighted by Gasteiger charge is -2.13. The molecule has 1 aliphatic carbocycles. The highest BCUT2D eigenvalue weighted by Gasteiger charge is 2.31. The second-order valence-corrected chi connectivity index (χ2v) is 5.76. The maximum atomic E-state index is 5.62. The average molecular weight is 250 g/mol. The summed E-state index contributed by atoms with van der Waals surface area (Å²) in [5.74, 6) is 1.47. The molecule has 1 unspecified atom stereocenters. The molecule has 0 spiro atoms. The third kappa shape index (κ3) is 3.85. The van der Waals surface area contributed by atoms with Gasteiger partial charge in [0.15, 0.2) is 0 Å². The van der Waals surface area contributed by atoms with Crippen LogP contribution in [0.1, 0.15) is 38.3 Å². The van der Waals surface area contributed by atoms with Crippen molar-refractivity contribution in [2.75, 3.05) is 20.3 Å². The maximum absolute atomic E-state index is 5.62. The van der Waals surface area contributed by atoms with E-state index in [1.165, 1.54) is 18.4 Å². The lowest BCUT2D eigenvalue weighted by atomic mass is 10.1. The molecular weight excluding hydrogens is 224 g/mol. The van der Waals surface area contributed by atoms with E-state index >= 15 is 0 Å². The van der Waals surface area contributed by atoms with Crippen LogP contribution in [-0.4, -0.2) is 24.8 Å². The Bertz CT molecular complexity index is 355. The van der Waals surface area contributed by atoms with E-state index in [9.17, 15) is 0 Å². The molecule has 3 heteroatoms. The van der Waals surface area contributed by atoms with E-state index < -0.39 is 0 Å². The van der Waals surface area contributed by atoms with Crippen LogP contribution in [0, 0.1) is 11.8 Å². The van der Waals surface area contributed by atoms with E-state index in [2.05, 4.69) is 49.2 Å². The van der Waals surface area contributed by atoms with Gasteiger partial charge >= 0.3 is 0 Å². The number of hydrogen-bond donors (Lipinski definition) is 1. The lowest BCUT2D eigenvalue weighted by molar-refractivity contribution is 0.103. The van der Waals surface area contributed by atoms with Gasteiger partial charge in [0.1, 0.15) is 0 Å². The van der Waals surface area contributed by atoms with Crippen molar-refractivity contribution in [3.05, 3.63) is 24.0 Å². The molecule has 0 bridgehead atoms. The average Bonchev–Trinajstić information content (AvgIpc) is 3.05. The SMILES string of the molecule is CNC(c1ccn(CCOCC(C)C)c1)C1CC1. The van der Waals surface area contributed by atoms with Gasteiger partial charge in [0.2, 0.25) is 0 Å². The molecule has 1 aromatic heterocycles. The summed E-state index contributed by atoms with van der Waals surface area (Å²) < 4.78 is 7.86. The van der Waals surface area contributed by atoms with Gasteiger partial charge in [-0.25, -0.2) is 0 Å². The Morgan fingerprint density at radius 2 is 2.22 bits per heavy atom. The number of nitrogens with one attached hydrogen (secondary N) is 1. The highest BCUT2D eigenvalue weighted by atomic mass is 16.5. The van der Waals surface area contributed by atoms with Crippen molar-refractivity contribution in [3.63, 3.8) is 0 Å². The highest BCUT2D eigenvalue weighted by molar-refractivity contribution is 5.18. The first-order valence-electron chi connectivity index (χ1n) is 7.11. The zero-order chi connectivity index (χ0) is 13.0. The molecule has 1 saturated carbocycles. The smallest absolute Gasteiger partial charge is 0.0645 e. The number of ether oxygens (including phenoxy) is 1. The molecule has 1 N–H and O–H groups in total. The molecule has 0 radical (unpaired) electrons. The predicted molar refractivity (Wildman–Crippen MR) is 74.6 cm³/mol. The summed E-state index contributed by atoms with van der Waals surface area (Å²) in [5.41, 5.74) is 1.42. The Balaban J connectivity index is 1.78. The van der Waals surface area contributed by atoms with Crippen LogP contribution in [-0.2, 0) is 11.3 Å². The van der Waals surface area contributed by atoms with Gasteiger partial charge in [0.05, 0.1) is 6.61 Å². The maximum Gasteiger partial charge on any atom is 0.0645 e. The Hall–Kier alpha value is -0.800. The molecule has 1 fully saturated rings. The second-order valence-electron chi connectivity index (χ2n) is 5.76. The fraction of sp³-hybridized carbons (Fsp3) is 0.733. The van der Waals surface area contributed by atoms with Gasteiger partial charge < -0.3 is 14.6 Å². The van der Waals surface area contributed by atoms with Gasteiger partial charge in [-0.2, -0.15) is 0 Å². The van der Waals surface area contributed by atoms with E-state index in [1.54, 1.807) is 0 Å². The number of nitrogens with zero attached hydrogens (tertiary/aromatic N) is 1. The van der Waals surface area contributed by atoms with E-state index in [0.29, 0.717) is 12.0 Å². The van der Waals surface area contributed by atoms with Crippen LogP contribution in [0.25, 0.3) is 0 Å². The Morgan fingerprint density at radius 3 is 2.83 bits per heavy atom. The third-order valence-corrected chi connectivity index (χ3v) is 3.48. The molecule has 0 aliphatic heterocycles. The van der Waals surface area contributed by atoms with Gasteiger partial charge in [-0.3, -0.25) is 0 Å². The van der Waals surface area contributed by atoms with Crippen molar-refractivity contribution in [2.24, 2.45) is 11.8 Å². The monoisotopic (exact) mass is 250 g/mol. The molecule has 0 saturated heterocycles. The molecule has 2 rings (SSSR count). The molecule has 1 aliphatic rings. The minimum Gasteiger partial charge on any atom is -0.379 e. The van der Waals surface area contributed by atoms with Crippen LogP contribution in [0.3, 0.4) is 0 Å². The summed E-state index contributed by atoms with van der Waals surface area (Å²) in [6.07, 6.45) is 7.17. The van der Waals surface area contributed by atoms with Crippen LogP contribution in [0.5, 0.6) is 0 Å². The van der Waals surface area contributed by atoms with Gasteiger partial charge in [0, 0.05) is 31.6 Å². The Labute approximate surface area is 111 Å². The van der Waals surface area contributed by atoms with E-state index in [-0.39, 0.29) is 0 Å². The fourth-order valence-corrected chi connectivity index (χ4v) is 2.38. The van der Waals surface area contributed by atoms with Crippen molar-refractivity contribution in [1.29, 1.82) is 0 Å².